The van der Waals surface area contributed by atoms with Crippen molar-refractivity contribution in [1.82, 2.24) is 15.1 Å². The van der Waals surface area contributed by atoms with E-state index in [0.29, 0.717) is 0 Å². The number of hydrogen-bond acceptors (Lipinski definition) is 3. The summed E-state index contributed by atoms with van der Waals surface area (Å²) in [5, 5.41) is 7.26. The van der Waals surface area contributed by atoms with Crippen LogP contribution in [0.1, 0.15) is 31.2 Å². The summed E-state index contributed by atoms with van der Waals surface area (Å²) in [5.74, 6) is -0.0100. The number of rotatable bonds is 4. The second kappa shape index (κ2) is 5.52. The summed E-state index contributed by atoms with van der Waals surface area (Å²) in [6, 6.07) is 2.04. The quantitative estimate of drug-likeness (QED) is 0.874. The average Bonchev–Trinajstić information content (AvgIpc) is 2.89. The van der Waals surface area contributed by atoms with Crippen LogP contribution in [0.4, 0.5) is 0 Å². The van der Waals surface area contributed by atoms with Gasteiger partial charge in [-0.05, 0) is 39.7 Å². The molecule has 1 N–H and O–H groups in total. The number of aromatic nitrogens is 2. The second-order valence-electron chi connectivity index (χ2n) is 4.99. The summed E-state index contributed by atoms with van der Waals surface area (Å²) < 4.78 is 7.29. The Hall–Kier alpha value is -1.36. The summed E-state index contributed by atoms with van der Waals surface area (Å²) in [5.41, 5.74) is 1.94. The SMILES string of the molecule is Cc1cc(C)n(CC(=O)N[C@H](C)[C@@H]2CCCO2)n1. The highest BCUT2D eigenvalue weighted by molar-refractivity contribution is 5.76. The number of ether oxygens (including phenoxy) is 1. The molecule has 1 amide bonds. The zero-order valence-electron chi connectivity index (χ0n) is 11.3. The third-order valence-corrected chi connectivity index (χ3v) is 3.31. The van der Waals surface area contributed by atoms with Crippen molar-refractivity contribution < 1.29 is 9.53 Å². The van der Waals surface area contributed by atoms with Crippen molar-refractivity contribution in [2.75, 3.05) is 6.61 Å². The van der Waals surface area contributed by atoms with Crippen molar-refractivity contribution in [3.05, 3.63) is 17.5 Å². The molecule has 2 heterocycles. The lowest BCUT2D eigenvalue weighted by molar-refractivity contribution is -0.123. The molecular formula is C13H21N3O2. The van der Waals surface area contributed by atoms with Crippen molar-refractivity contribution in [2.45, 2.75) is 52.3 Å². The fraction of sp³-hybridized carbons (Fsp3) is 0.692. The molecule has 2 rings (SSSR count). The molecule has 2 atom stereocenters. The highest BCUT2D eigenvalue weighted by Crippen LogP contribution is 2.15. The second-order valence-corrected chi connectivity index (χ2v) is 4.99. The first kappa shape index (κ1) is 13.1. The molecule has 1 aliphatic rings. The van der Waals surface area contributed by atoms with Crippen LogP contribution in [-0.2, 0) is 16.1 Å². The normalized spacial score (nSPS) is 20.9. The Bertz CT molecular complexity index is 422. The maximum absolute atomic E-state index is 11.9. The number of amides is 1. The van der Waals surface area contributed by atoms with Crippen LogP contribution >= 0.6 is 0 Å². The Labute approximate surface area is 108 Å². The molecule has 1 aliphatic heterocycles. The van der Waals surface area contributed by atoms with E-state index < -0.39 is 0 Å². The van der Waals surface area contributed by atoms with Gasteiger partial charge in [-0.2, -0.15) is 5.10 Å². The fourth-order valence-corrected chi connectivity index (χ4v) is 2.36. The molecule has 0 saturated carbocycles. The molecule has 0 unspecified atom stereocenters. The zero-order valence-corrected chi connectivity index (χ0v) is 11.3. The Kier molecular flexibility index (Phi) is 4.01. The van der Waals surface area contributed by atoms with Gasteiger partial charge in [0.25, 0.3) is 0 Å². The molecule has 0 bridgehead atoms. The topological polar surface area (TPSA) is 56.2 Å². The van der Waals surface area contributed by atoms with Gasteiger partial charge in [-0.1, -0.05) is 0 Å². The van der Waals surface area contributed by atoms with Crippen molar-refractivity contribution >= 4 is 5.91 Å². The molecule has 0 spiro atoms. The van der Waals surface area contributed by atoms with Gasteiger partial charge in [0.2, 0.25) is 5.91 Å². The molecule has 1 fully saturated rings. The van der Waals surface area contributed by atoms with E-state index in [4.69, 9.17) is 4.74 Å². The van der Waals surface area contributed by atoms with Gasteiger partial charge in [0.1, 0.15) is 6.54 Å². The Morgan fingerprint density at radius 1 is 1.67 bits per heavy atom. The molecule has 100 valence electrons. The van der Waals surface area contributed by atoms with Crippen molar-refractivity contribution in [2.24, 2.45) is 0 Å². The first-order chi connectivity index (χ1) is 8.56. The lowest BCUT2D eigenvalue weighted by atomic mass is 10.1. The first-order valence-electron chi connectivity index (χ1n) is 6.48. The number of nitrogens with zero attached hydrogens (tertiary/aromatic N) is 2. The Morgan fingerprint density at radius 2 is 2.44 bits per heavy atom. The van der Waals surface area contributed by atoms with Gasteiger partial charge in [-0.3, -0.25) is 9.48 Å². The van der Waals surface area contributed by atoms with Gasteiger partial charge in [0.05, 0.1) is 17.8 Å². The van der Waals surface area contributed by atoms with Gasteiger partial charge in [-0.15, -0.1) is 0 Å². The van der Waals surface area contributed by atoms with E-state index in [1.807, 2.05) is 26.8 Å². The van der Waals surface area contributed by atoms with Crippen LogP contribution in [-0.4, -0.2) is 34.4 Å². The lowest BCUT2D eigenvalue weighted by Gasteiger charge is -2.20. The first-order valence-corrected chi connectivity index (χ1v) is 6.48. The number of carbonyl (C=O) groups is 1. The van der Waals surface area contributed by atoms with E-state index in [0.717, 1.165) is 30.8 Å². The van der Waals surface area contributed by atoms with E-state index in [2.05, 4.69) is 10.4 Å². The fourth-order valence-electron chi connectivity index (χ4n) is 2.36. The minimum absolute atomic E-state index is 0.0100. The smallest absolute Gasteiger partial charge is 0.242 e. The van der Waals surface area contributed by atoms with Gasteiger partial charge >= 0.3 is 0 Å². The van der Waals surface area contributed by atoms with Crippen LogP contribution < -0.4 is 5.32 Å². The van der Waals surface area contributed by atoms with E-state index in [-0.39, 0.29) is 24.6 Å². The molecule has 0 aliphatic carbocycles. The summed E-state index contributed by atoms with van der Waals surface area (Å²) in [7, 11) is 0. The average molecular weight is 251 g/mol. The Morgan fingerprint density at radius 3 is 3.00 bits per heavy atom. The highest BCUT2D eigenvalue weighted by atomic mass is 16.5. The van der Waals surface area contributed by atoms with E-state index in [9.17, 15) is 4.79 Å². The molecule has 18 heavy (non-hydrogen) atoms. The van der Waals surface area contributed by atoms with Crippen LogP contribution in [0.3, 0.4) is 0 Å². The van der Waals surface area contributed by atoms with Crippen LogP contribution in [0.25, 0.3) is 0 Å². The van der Waals surface area contributed by atoms with Crippen molar-refractivity contribution in [3.8, 4) is 0 Å². The van der Waals surface area contributed by atoms with Gasteiger partial charge in [-0.25, -0.2) is 0 Å². The highest BCUT2D eigenvalue weighted by Gasteiger charge is 2.23. The van der Waals surface area contributed by atoms with Crippen LogP contribution in [0.15, 0.2) is 6.07 Å². The third-order valence-electron chi connectivity index (χ3n) is 3.31. The monoisotopic (exact) mass is 251 g/mol. The summed E-state index contributed by atoms with van der Waals surface area (Å²) in [6.07, 6.45) is 2.28. The summed E-state index contributed by atoms with van der Waals surface area (Å²) >= 11 is 0. The molecule has 0 aromatic carbocycles. The minimum Gasteiger partial charge on any atom is -0.376 e. The van der Waals surface area contributed by atoms with Crippen molar-refractivity contribution in [3.63, 3.8) is 0 Å². The molecule has 1 aromatic heterocycles. The predicted molar refractivity (Wildman–Crippen MR) is 68.3 cm³/mol. The largest absolute Gasteiger partial charge is 0.376 e. The van der Waals surface area contributed by atoms with Gasteiger partial charge in [0, 0.05) is 12.3 Å². The number of aryl methyl sites for hydroxylation is 2. The number of hydrogen-bond donors (Lipinski definition) is 1. The summed E-state index contributed by atoms with van der Waals surface area (Å²) in [6.45, 7) is 6.96. The molecule has 5 heteroatoms. The maximum Gasteiger partial charge on any atom is 0.242 e. The predicted octanol–water partition coefficient (Wildman–Crippen LogP) is 1.18. The van der Waals surface area contributed by atoms with E-state index in [1.54, 1.807) is 4.68 Å². The molecule has 1 saturated heterocycles. The Balaban J connectivity index is 1.86. The molecule has 1 aromatic rings. The number of nitrogens with one attached hydrogen (secondary N) is 1. The van der Waals surface area contributed by atoms with Gasteiger partial charge in [0.15, 0.2) is 0 Å². The standard InChI is InChI=1S/C13H21N3O2/c1-9-7-10(2)16(15-9)8-13(17)14-11(3)12-5-4-6-18-12/h7,11-12H,4-6,8H2,1-3H3,(H,14,17)/t11-,12+/m1/s1. The van der Waals surface area contributed by atoms with Crippen LogP contribution in [0, 0.1) is 13.8 Å². The summed E-state index contributed by atoms with van der Waals surface area (Å²) in [4.78, 5) is 11.9. The molecule has 0 radical (unpaired) electrons. The van der Waals surface area contributed by atoms with Crippen molar-refractivity contribution in [1.29, 1.82) is 0 Å². The maximum atomic E-state index is 11.9. The number of carbonyl (C=O) groups excluding carboxylic acids is 1. The van der Waals surface area contributed by atoms with E-state index in [1.165, 1.54) is 0 Å². The lowest BCUT2D eigenvalue weighted by Crippen LogP contribution is -2.42. The van der Waals surface area contributed by atoms with Crippen LogP contribution in [0.2, 0.25) is 0 Å². The molecule has 5 nitrogen and oxygen atoms in total. The zero-order chi connectivity index (χ0) is 13.1. The van der Waals surface area contributed by atoms with E-state index >= 15 is 0 Å². The van der Waals surface area contributed by atoms with Gasteiger partial charge < -0.3 is 10.1 Å². The third kappa shape index (κ3) is 3.10. The molecular weight excluding hydrogens is 230 g/mol. The minimum atomic E-state index is -0.0100. The van der Waals surface area contributed by atoms with Crippen LogP contribution in [0.5, 0.6) is 0 Å².